The van der Waals surface area contributed by atoms with Gasteiger partial charge in [0.05, 0.1) is 0 Å². The Hall–Kier alpha value is -1.02. The van der Waals surface area contributed by atoms with E-state index in [9.17, 15) is 0 Å². The molecule has 2 rings (SSSR count). The number of nitrogen functional groups attached to an aromatic ring is 1. The zero-order valence-corrected chi connectivity index (χ0v) is 10.9. The highest BCUT2D eigenvalue weighted by Crippen LogP contribution is 2.27. The standard InChI is InChI=1S/C15H24N2/c1-2-3-10-17(15-7-8-15)11-9-13-5-4-6-14(16)12-13/h4-6,12,15H,2-3,7-11,16H2,1H3. The van der Waals surface area contributed by atoms with Gasteiger partial charge in [-0.05, 0) is 49.9 Å². The molecular weight excluding hydrogens is 208 g/mol. The van der Waals surface area contributed by atoms with Gasteiger partial charge in [0.15, 0.2) is 0 Å². The number of nitrogens with two attached hydrogens (primary N) is 1. The van der Waals surface area contributed by atoms with Crippen LogP contribution in [0.3, 0.4) is 0 Å². The van der Waals surface area contributed by atoms with E-state index in [1.165, 1.54) is 44.3 Å². The molecule has 0 atom stereocenters. The minimum atomic E-state index is 0.877. The molecule has 1 aromatic carbocycles. The normalized spacial score (nSPS) is 15.4. The van der Waals surface area contributed by atoms with Crippen molar-refractivity contribution in [1.82, 2.24) is 4.90 Å². The van der Waals surface area contributed by atoms with Crippen LogP contribution in [-0.2, 0) is 6.42 Å². The summed E-state index contributed by atoms with van der Waals surface area (Å²) in [4.78, 5) is 2.66. The van der Waals surface area contributed by atoms with E-state index in [1.807, 2.05) is 6.07 Å². The third-order valence-electron chi connectivity index (χ3n) is 3.50. The van der Waals surface area contributed by atoms with Gasteiger partial charge in [0.2, 0.25) is 0 Å². The number of anilines is 1. The Morgan fingerprint density at radius 3 is 2.76 bits per heavy atom. The quantitative estimate of drug-likeness (QED) is 0.732. The molecule has 0 radical (unpaired) electrons. The Morgan fingerprint density at radius 2 is 2.12 bits per heavy atom. The molecule has 0 aromatic heterocycles. The zero-order valence-electron chi connectivity index (χ0n) is 10.9. The lowest BCUT2D eigenvalue weighted by atomic mass is 10.1. The summed E-state index contributed by atoms with van der Waals surface area (Å²) in [5.41, 5.74) is 8.05. The third-order valence-corrected chi connectivity index (χ3v) is 3.50. The van der Waals surface area contributed by atoms with Crippen molar-refractivity contribution in [2.45, 2.75) is 45.1 Å². The fourth-order valence-corrected chi connectivity index (χ4v) is 2.30. The van der Waals surface area contributed by atoms with Crippen molar-refractivity contribution < 1.29 is 0 Å². The van der Waals surface area contributed by atoms with Crippen LogP contribution in [-0.4, -0.2) is 24.0 Å². The van der Waals surface area contributed by atoms with Crippen LogP contribution in [0.4, 0.5) is 5.69 Å². The molecule has 1 aliphatic rings. The maximum absolute atomic E-state index is 5.80. The number of hydrogen-bond donors (Lipinski definition) is 1. The number of unbranched alkanes of at least 4 members (excludes halogenated alkanes) is 1. The van der Waals surface area contributed by atoms with Crippen LogP contribution < -0.4 is 5.73 Å². The monoisotopic (exact) mass is 232 g/mol. The van der Waals surface area contributed by atoms with E-state index in [1.54, 1.807) is 0 Å². The molecule has 0 bridgehead atoms. The topological polar surface area (TPSA) is 29.3 Å². The van der Waals surface area contributed by atoms with Crippen molar-refractivity contribution in [3.63, 3.8) is 0 Å². The zero-order chi connectivity index (χ0) is 12.1. The number of hydrogen-bond acceptors (Lipinski definition) is 2. The fourth-order valence-electron chi connectivity index (χ4n) is 2.30. The first-order chi connectivity index (χ1) is 8.29. The minimum Gasteiger partial charge on any atom is -0.399 e. The first-order valence-electron chi connectivity index (χ1n) is 6.88. The van der Waals surface area contributed by atoms with Crippen LogP contribution >= 0.6 is 0 Å². The number of rotatable bonds is 7. The van der Waals surface area contributed by atoms with E-state index in [4.69, 9.17) is 5.73 Å². The van der Waals surface area contributed by atoms with Crippen molar-refractivity contribution >= 4 is 5.69 Å². The molecule has 1 fully saturated rings. The Labute approximate surface area is 105 Å². The van der Waals surface area contributed by atoms with Crippen LogP contribution in [0.5, 0.6) is 0 Å². The highest BCUT2D eigenvalue weighted by Gasteiger charge is 2.27. The molecule has 1 aromatic rings. The van der Waals surface area contributed by atoms with Crippen LogP contribution in [0, 0.1) is 0 Å². The lowest BCUT2D eigenvalue weighted by Gasteiger charge is -2.21. The Balaban J connectivity index is 1.82. The van der Waals surface area contributed by atoms with Gasteiger partial charge in [0.1, 0.15) is 0 Å². The van der Waals surface area contributed by atoms with Gasteiger partial charge in [-0.2, -0.15) is 0 Å². The number of nitrogens with zero attached hydrogens (tertiary/aromatic N) is 1. The van der Waals surface area contributed by atoms with E-state index in [0.29, 0.717) is 0 Å². The molecule has 0 amide bonds. The molecule has 1 aliphatic carbocycles. The third kappa shape index (κ3) is 4.04. The van der Waals surface area contributed by atoms with Gasteiger partial charge in [0.25, 0.3) is 0 Å². The van der Waals surface area contributed by atoms with Crippen molar-refractivity contribution in [3.05, 3.63) is 29.8 Å². The summed E-state index contributed by atoms with van der Waals surface area (Å²) in [5.74, 6) is 0. The largest absolute Gasteiger partial charge is 0.399 e. The summed E-state index contributed by atoms with van der Waals surface area (Å²) in [6.45, 7) is 4.72. The molecule has 0 heterocycles. The molecule has 0 spiro atoms. The van der Waals surface area contributed by atoms with Gasteiger partial charge in [-0.1, -0.05) is 25.5 Å². The number of benzene rings is 1. The summed E-state index contributed by atoms with van der Waals surface area (Å²) in [7, 11) is 0. The summed E-state index contributed by atoms with van der Waals surface area (Å²) in [6.07, 6.45) is 6.56. The van der Waals surface area contributed by atoms with Crippen LogP contribution in [0.1, 0.15) is 38.2 Å². The Bertz CT molecular complexity index is 345. The predicted octanol–water partition coefficient (Wildman–Crippen LogP) is 3.08. The highest BCUT2D eigenvalue weighted by atomic mass is 15.2. The summed E-state index contributed by atoms with van der Waals surface area (Å²) < 4.78 is 0. The van der Waals surface area contributed by atoms with Gasteiger partial charge in [-0.3, -0.25) is 0 Å². The predicted molar refractivity (Wildman–Crippen MR) is 74.1 cm³/mol. The fraction of sp³-hybridized carbons (Fsp3) is 0.600. The molecule has 0 aliphatic heterocycles. The van der Waals surface area contributed by atoms with Crippen molar-refractivity contribution in [2.24, 2.45) is 0 Å². The molecule has 1 saturated carbocycles. The molecule has 94 valence electrons. The van der Waals surface area contributed by atoms with Crippen LogP contribution in [0.25, 0.3) is 0 Å². The van der Waals surface area contributed by atoms with Gasteiger partial charge in [-0.15, -0.1) is 0 Å². The highest BCUT2D eigenvalue weighted by molar-refractivity contribution is 5.40. The second kappa shape index (κ2) is 6.06. The molecule has 0 unspecified atom stereocenters. The van der Waals surface area contributed by atoms with E-state index in [2.05, 4.69) is 30.0 Å². The summed E-state index contributed by atoms with van der Waals surface area (Å²) >= 11 is 0. The second-order valence-electron chi connectivity index (χ2n) is 5.12. The van der Waals surface area contributed by atoms with E-state index in [-0.39, 0.29) is 0 Å². The lowest BCUT2D eigenvalue weighted by Crippen LogP contribution is -2.29. The molecule has 2 nitrogen and oxygen atoms in total. The SMILES string of the molecule is CCCCN(CCc1cccc(N)c1)C1CC1. The van der Waals surface area contributed by atoms with E-state index < -0.39 is 0 Å². The van der Waals surface area contributed by atoms with Crippen molar-refractivity contribution in [1.29, 1.82) is 0 Å². The maximum atomic E-state index is 5.80. The molecule has 2 heteroatoms. The van der Waals surface area contributed by atoms with E-state index in [0.717, 1.165) is 18.2 Å². The maximum Gasteiger partial charge on any atom is 0.0316 e. The summed E-state index contributed by atoms with van der Waals surface area (Å²) in [6, 6.07) is 9.17. The first kappa shape index (κ1) is 12.4. The first-order valence-corrected chi connectivity index (χ1v) is 6.88. The Morgan fingerprint density at radius 1 is 1.29 bits per heavy atom. The van der Waals surface area contributed by atoms with Gasteiger partial charge < -0.3 is 10.6 Å². The second-order valence-corrected chi connectivity index (χ2v) is 5.12. The average molecular weight is 232 g/mol. The molecule has 17 heavy (non-hydrogen) atoms. The van der Waals surface area contributed by atoms with Gasteiger partial charge in [0, 0.05) is 18.3 Å². The summed E-state index contributed by atoms with van der Waals surface area (Å²) in [5, 5.41) is 0. The molecule has 2 N–H and O–H groups in total. The average Bonchev–Trinajstić information content (AvgIpc) is 3.13. The smallest absolute Gasteiger partial charge is 0.0316 e. The van der Waals surface area contributed by atoms with Gasteiger partial charge >= 0.3 is 0 Å². The lowest BCUT2D eigenvalue weighted by molar-refractivity contribution is 0.262. The molecule has 0 saturated heterocycles. The van der Waals surface area contributed by atoms with Crippen LogP contribution in [0.15, 0.2) is 24.3 Å². The van der Waals surface area contributed by atoms with Crippen LogP contribution in [0.2, 0.25) is 0 Å². The Kier molecular flexibility index (Phi) is 4.43. The van der Waals surface area contributed by atoms with Crippen molar-refractivity contribution in [3.8, 4) is 0 Å². The molecular formula is C15H24N2. The van der Waals surface area contributed by atoms with E-state index >= 15 is 0 Å². The van der Waals surface area contributed by atoms with Gasteiger partial charge in [-0.25, -0.2) is 0 Å². The minimum absolute atomic E-state index is 0.877. The van der Waals surface area contributed by atoms with Crippen molar-refractivity contribution in [2.75, 3.05) is 18.8 Å².